The summed E-state index contributed by atoms with van der Waals surface area (Å²) in [7, 11) is 0. The summed E-state index contributed by atoms with van der Waals surface area (Å²) < 4.78 is 19.0. The lowest BCUT2D eigenvalue weighted by molar-refractivity contribution is -0.150. The van der Waals surface area contributed by atoms with Gasteiger partial charge in [-0.2, -0.15) is 5.26 Å². The summed E-state index contributed by atoms with van der Waals surface area (Å²) in [5.74, 6) is -1.57. The van der Waals surface area contributed by atoms with E-state index in [1.54, 1.807) is 23.1 Å². The van der Waals surface area contributed by atoms with Gasteiger partial charge in [-0.05, 0) is 6.07 Å². The fourth-order valence-electron chi connectivity index (χ4n) is 2.06. The molecule has 1 aromatic rings. The van der Waals surface area contributed by atoms with Crippen LogP contribution in [0.5, 0.6) is 0 Å². The van der Waals surface area contributed by atoms with Crippen molar-refractivity contribution in [2.45, 2.75) is 12.6 Å². The van der Waals surface area contributed by atoms with Gasteiger partial charge in [0.1, 0.15) is 17.9 Å². The molecule has 19 heavy (non-hydrogen) atoms. The molecule has 1 aliphatic heterocycles. The first-order valence-electron chi connectivity index (χ1n) is 5.85. The molecule has 100 valence electrons. The molecule has 1 unspecified atom stereocenters. The number of ether oxygens (including phenoxy) is 1. The fourth-order valence-corrected chi connectivity index (χ4v) is 2.06. The molecule has 1 aromatic carbocycles. The van der Waals surface area contributed by atoms with Crippen LogP contribution < -0.4 is 0 Å². The van der Waals surface area contributed by atoms with Gasteiger partial charge in [0.2, 0.25) is 0 Å². The zero-order chi connectivity index (χ0) is 13.8. The largest absolute Gasteiger partial charge is 0.480 e. The molecule has 0 aliphatic carbocycles. The normalized spacial score (nSPS) is 19.9. The third-order valence-electron chi connectivity index (χ3n) is 3.10. The van der Waals surface area contributed by atoms with Crippen LogP contribution in [0.1, 0.15) is 11.1 Å². The highest BCUT2D eigenvalue weighted by atomic mass is 19.1. The van der Waals surface area contributed by atoms with Crippen LogP contribution in [0.25, 0.3) is 0 Å². The molecule has 1 N–H and O–H groups in total. The maximum atomic E-state index is 13.9. The number of hydrogen-bond donors (Lipinski definition) is 1. The fraction of sp³-hybridized carbons (Fsp3) is 0.385. The average Bonchev–Trinajstić information content (AvgIpc) is 2.41. The minimum absolute atomic E-state index is 0.0300. The molecule has 0 amide bonds. The Morgan fingerprint density at radius 1 is 1.63 bits per heavy atom. The number of halogens is 1. The van der Waals surface area contributed by atoms with Gasteiger partial charge in [0.25, 0.3) is 0 Å². The van der Waals surface area contributed by atoms with Crippen molar-refractivity contribution in [1.29, 1.82) is 5.26 Å². The number of aliphatic carboxylic acids is 1. The number of nitrogens with zero attached hydrogens (tertiary/aromatic N) is 2. The zero-order valence-electron chi connectivity index (χ0n) is 10.2. The van der Waals surface area contributed by atoms with Crippen molar-refractivity contribution < 1.29 is 19.0 Å². The summed E-state index contributed by atoms with van der Waals surface area (Å²) in [5.41, 5.74) is 0.296. The number of rotatable bonds is 3. The molecule has 0 saturated carbocycles. The zero-order valence-corrected chi connectivity index (χ0v) is 10.2. The Kier molecular flexibility index (Phi) is 4.10. The smallest absolute Gasteiger partial charge is 0.323 e. The van der Waals surface area contributed by atoms with Crippen LogP contribution in [-0.4, -0.2) is 41.8 Å². The van der Waals surface area contributed by atoms with Gasteiger partial charge < -0.3 is 9.84 Å². The van der Waals surface area contributed by atoms with Crippen molar-refractivity contribution in [3.63, 3.8) is 0 Å². The number of carboxylic acid groups (broad SMARTS) is 1. The Morgan fingerprint density at radius 2 is 2.42 bits per heavy atom. The molecule has 0 bridgehead atoms. The third-order valence-corrected chi connectivity index (χ3v) is 3.10. The summed E-state index contributed by atoms with van der Waals surface area (Å²) >= 11 is 0. The van der Waals surface area contributed by atoms with Crippen LogP contribution in [0.15, 0.2) is 18.2 Å². The molecule has 1 atom stereocenters. The van der Waals surface area contributed by atoms with E-state index in [1.807, 2.05) is 0 Å². The van der Waals surface area contributed by atoms with E-state index in [2.05, 4.69) is 0 Å². The minimum atomic E-state index is -0.989. The molecule has 2 rings (SSSR count). The van der Waals surface area contributed by atoms with Crippen LogP contribution >= 0.6 is 0 Å². The van der Waals surface area contributed by atoms with Crippen molar-refractivity contribution in [1.82, 2.24) is 4.90 Å². The second kappa shape index (κ2) is 5.78. The van der Waals surface area contributed by atoms with Crippen molar-refractivity contribution >= 4 is 5.97 Å². The van der Waals surface area contributed by atoms with Crippen molar-refractivity contribution in [3.05, 3.63) is 35.1 Å². The van der Waals surface area contributed by atoms with Gasteiger partial charge in [-0.1, -0.05) is 12.1 Å². The lowest BCUT2D eigenvalue weighted by atomic mass is 10.1. The van der Waals surface area contributed by atoms with Crippen molar-refractivity contribution in [3.8, 4) is 6.07 Å². The monoisotopic (exact) mass is 264 g/mol. The van der Waals surface area contributed by atoms with E-state index in [4.69, 9.17) is 15.1 Å². The van der Waals surface area contributed by atoms with Crippen LogP contribution in [-0.2, 0) is 16.1 Å². The van der Waals surface area contributed by atoms with Gasteiger partial charge in [0.15, 0.2) is 0 Å². The van der Waals surface area contributed by atoms with Crippen LogP contribution in [0, 0.1) is 17.1 Å². The number of carbonyl (C=O) groups is 1. The number of carboxylic acids is 1. The van der Waals surface area contributed by atoms with Gasteiger partial charge in [0, 0.05) is 18.7 Å². The van der Waals surface area contributed by atoms with Gasteiger partial charge >= 0.3 is 5.97 Å². The first-order chi connectivity index (χ1) is 9.13. The summed E-state index contributed by atoms with van der Waals surface area (Å²) in [4.78, 5) is 12.7. The predicted molar refractivity (Wildman–Crippen MR) is 63.8 cm³/mol. The Labute approximate surface area is 109 Å². The summed E-state index contributed by atoms with van der Waals surface area (Å²) in [6, 6.07) is 5.54. The number of benzene rings is 1. The second-order valence-electron chi connectivity index (χ2n) is 4.29. The van der Waals surface area contributed by atoms with E-state index in [0.29, 0.717) is 18.7 Å². The highest BCUT2D eigenvalue weighted by molar-refractivity contribution is 5.73. The number of hydrogen-bond acceptors (Lipinski definition) is 4. The standard InChI is InChI=1S/C13H13FN2O3/c14-12-9(6-15)2-1-3-10(12)7-16-4-5-19-8-11(16)13(17)18/h1-3,11H,4-5,7-8H2,(H,17,18). The highest BCUT2D eigenvalue weighted by Gasteiger charge is 2.29. The van der Waals surface area contributed by atoms with Gasteiger partial charge in [-0.15, -0.1) is 0 Å². The maximum absolute atomic E-state index is 13.9. The minimum Gasteiger partial charge on any atom is -0.480 e. The predicted octanol–water partition coefficient (Wildman–Crippen LogP) is 0.983. The quantitative estimate of drug-likeness (QED) is 0.881. The Bertz CT molecular complexity index is 527. The van der Waals surface area contributed by atoms with Gasteiger partial charge in [0.05, 0.1) is 18.8 Å². The molecule has 0 spiro atoms. The maximum Gasteiger partial charge on any atom is 0.323 e. The van der Waals surface area contributed by atoms with Crippen molar-refractivity contribution in [2.75, 3.05) is 19.8 Å². The van der Waals surface area contributed by atoms with E-state index in [0.717, 1.165) is 0 Å². The van der Waals surface area contributed by atoms with Crippen LogP contribution in [0.3, 0.4) is 0 Å². The average molecular weight is 264 g/mol. The van der Waals surface area contributed by atoms with E-state index in [-0.39, 0.29) is 18.7 Å². The van der Waals surface area contributed by atoms with E-state index >= 15 is 0 Å². The number of morpholine rings is 1. The molecular formula is C13H13FN2O3. The molecular weight excluding hydrogens is 251 g/mol. The molecule has 1 aliphatic rings. The van der Waals surface area contributed by atoms with E-state index in [9.17, 15) is 9.18 Å². The lowest BCUT2D eigenvalue weighted by Crippen LogP contribution is -2.49. The van der Waals surface area contributed by atoms with Gasteiger partial charge in [-0.3, -0.25) is 9.69 Å². The Hall–Kier alpha value is -1.97. The Morgan fingerprint density at radius 3 is 3.11 bits per heavy atom. The van der Waals surface area contributed by atoms with E-state index < -0.39 is 17.8 Å². The third kappa shape index (κ3) is 2.89. The first kappa shape index (κ1) is 13.5. The molecule has 0 aromatic heterocycles. The first-order valence-corrected chi connectivity index (χ1v) is 5.85. The summed E-state index contributed by atoms with van der Waals surface area (Å²) in [6.45, 7) is 1.09. The molecule has 0 radical (unpaired) electrons. The molecule has 1 fully saturated rings. The number of nitriles is 1. The van der Waals surface area contributed by atoms with E-state index in [1.165, 1.54) is 6.07 Å². The summed E-state index contributed by atoms with van der Waals surface area (Å²) in [6.07, 6.45) is 0. The molecule has 6 heteroatoms. The molecule has 1 heterocycles. The highest BCUT2D eigenvalue weighted by Crippen LogP contribution is 2.17. The Balaban J connectivity index is 2.20. The molecule has 5 nitrogen and oxygen atoms in total. The van der Waals surface area contributed by atoms with Gasteiger partial charge in [-0.25, -0.2) is 4.39 Å². The second-order valence-corrected chi connectivity index (χ2v) is 4.29. The topological polar surface area (TPSA) is 73.6 Å². The van der Waals surface area contributed by atoms with Crippen LogP contribution in [0.4, 0.5) is 4.39 Å². The lowest BCUT2D eigenvalue weighted by Gasteiger charge is -2.32. The van der Waals surface area contributed by atoms with Crippen LogP contribution in [0.2, 0.25) is 0 Å². The SMILES string of the molecule is N#Cc1cccc(CN2CCOCC2C(=O)O)c1F. The molecule has 1 saturated heterocycles. The van der Waals surface area contributed by atoms with Crippen molar-refractivity contribution in [2.24, 2.45) is 0 Å². The summed E-state index contributed by atoms with van der Waals surface area (Å²) in [5, 5.41) is 17.9.